The van der Waals surface area contributed by atoms with Crippen molar-refractivity contribution >= 4 is 42.4 Å². The third-order valence-electron chi connectivity index (χ3n) is 10.1. The van der Waals surface area contributed by atoms with Crippen LogP contribution in [-0.4, -0.2) is 77.0 Å². The monoisotopic (exact) mass is 637 g/mol. The lowest BCUT2D eigenvalue weighted by Crippen LogP contribution is -2.52. The van der Waals surface area contributed by atoms with E-state index in [0.717, 1.165) is 36.4 Å². The van der Waals surface area contributed by atoms with Gasteiger partial charge in [-0.25, -0.2) is 0 Å². The fourth-order valence-electron chi connectivity index (χ4n) is 7.79. The van der Waals surface area contributed by atoms with Gasteiger partial charge in [0.25, 0.3) is 5.91 Å². The first-order chi connectivity index (χ1) is 21.6. The zero-order valence-corrected chi connectivity index (χ0v) is 28.1. The minimum Gasteiger partial charge on any atom is -0.497 e. The first-order valence-corrected chi connectivity index (χ1v) is 19.2. The van der Waals surface area contributed by atoms with E-state index in [0.29, 0.717) is 31.5 Å². The van der Waals surface area contributed by atoms with Crippen molar-refractivity contribution in [1.82, 2.24) is 5.32 Å². The number of nitrogens with one attached hydrogen (secondary N) is 2. The van der Waals surface area contributed by atoms with E-state index >= 15 is 0 Å². The summed E-state index contributed by atoms with van der Waals surface area (Å²) < 4.78 is 17.2. The Morgan fingerprint density at radius 3 is 2.56 bits per heavy atom. The van der Waals surface area contributed by atoms with E-state index in [1.165, 1.54) is 12.3 Å². The molecule has 5 rings (SSSR count). The first kappa shape index (κ1) is 33.1. The Kier molecular flexibility index (Phi) is 10.0. The van der Waals surface area contributed by atoms with Crippen molar-refractivity contribution < 1.29 is 33.7 Å². The van der Waals surface area contributed by atoms with Gasteiger partial charge in [0.15, 0.2) is 5.60 Å². The molecule has 45 heavy (non-hydrogen) atoms. The van der Waals surface area contributed by atoms with Crippen LogP contribution in [0.3, 0.4) is 0 Å². The number of methoxy groups -OCH3 is 2. The molecule has 5 atom stereocenters. The van der Waals surface area contributed by atoms with Crippen LogP contribution in [-0.2, 0) is 29.5 Å². The third kappa shape index (κ3) is 6.15. The number of carbonyl (C=O) groups excluding carboxylic acids is 3. The molecule has 10 nitrogen and oxygen atoms in total. The molecule has 2 saturated heterocycles. The number of anilines is 2. The lowest BCUT2D eigenvalue weighted by atomic mass is 9.82. The summed E-state index contributed by atoms with van der Waals surface area (Å²) in [5.41, 5.74) is 0.863. The van der Waals surface area contributed by atoms with Crippen molar-refractivity contribution in [2.45, 2.75) is 81.8 Å². The number of aliphatic hydroxyl groups excluding tert-OH is 1. The summed E-state index contributed by atoms with van der Waals surface area (Å²) in [5.74, 6) is 0.0770. The quantitative estimate of drug-likeness (QED) is 0.183. The molecular weight excluding hydrogens is 590 g/mol. The molecule has 2 fully saturated rings. The second-order valence-corrected chi connectivity index (χ2v) is 17.7. The summed E-state index contributed by atoms with van der Waals surface area (Å²) in [6, 6.07) is 13.6. The molecule has 1 spiro atoms. The van der Waals surface area contributed by atoms with Gasteiger partial charge in [-0.15, -0.1) is 0 Å². The average Bonchev–Trinajstić information content (AvgIpc) is 3.73. The Balaban J connectivity index is 1.53. The first-order valence-electron chi connectivity index (χ1n) is 16.1. The molecule has 2 aromatic rings. The fourth-order valence-corrected chi connectivity index (χ4v) is 11.8. The normalized spacial score (nSPS) is 25.9. The number of aliphatic hydroxyl groups is 1. The van der Waals surface area contributed by atoms with Gasteiger partial charge < -0.3 is 34.9 Å². The van der Waals surface area contributed by atoms with E-state index < -0.39 is 13.7 Å². The van der Waals surface area contributed by atoms with Gasteiger partial charge in [-0.2, -0.15) is 0 Å². The summed E-state index contributed by atoms with van der Waals surface area (Å²) in [5, 5.41) is 17.7. The molecule has 0 aliphatic carbocycles. The van der Waals surface area contributed by atoms with E-state index in [9.17, 15) is 19.5 Å². The van der Waals surface area contributed by atoms with Gasteiger partial charge in [-0.1, -0.05) is 37.3 Å². The van der Waals surface area contributed by atoms with Gasteiger partial charge in [-0.3, -0.25) is 14.4 Å². The Bertz CT molecular complexity index is 1390. The second kappa shape index (κ2) is 13.6. The Labute approximate surface area is 266 Å². The van der Waals surface area contributed by atoms with Crippen LogP contribution in [0, 0.1) is 5.92 Å². The van der Waals surface area contributed by atoms with E-state index in [1.54, 1.807) is 12.0 Å². The van der Waals surface area contributed by atoms with Gasteiger partial charge in [0, 0.05) is 36.7 Å². The molecule has 3 aliphatic heterocycles. The number of ether oxygens (including phenoxy) is 3. The molecule has 11 heteroatoms. The van der Waals surface area contributed by atoms with Crippen LogP contribution in [0.1, 0.15) is 51.0 Å². The van der Waals surface area contributed by atoms with E-state index in [1.807, 2.05) is 30.3 Å². The molecule has 0 unspecified atom stereocenters. The Morgan fingerprint density at radius 1 is 1.16 bits per heavy atom. The lowest BCUT2D eigenvalue weighted by Gasteiger charge is -2.37. The van der Waals surface area contributed by atoms with Crippen molar-refractivity contribution in [3.8, 4) is 5.75 Å². The average molecular weight is 638 g/mol. The van der Waals surface area contributed by atoms with Gasteiger partial charge >= 0.3 is 5.97 Å². The number of amides is 2. The smallest absolute Gasteiger partial charge is 0.305 e. The minimum absolute atomic E-state index is 0.00931. The molecule has 2 aromatic carbocycles. The predicted molar refractivity (Wildman–Crippen MR) is 176 cm³/mol. The highest BCUT2D eigenvalue weighted by atomic mass is 28.3. The van der Waals surface area contributed by atoms with Gasteiger partial charge in [-0.05, 0) is 74.5 Å². The summed E-state index contributed by atoms with van der Waals surface area (Å²) in [4.78, 5) is 41.3. The number of esters is 1. The van der Waals surface area contributed by atoms with E-state index in [-0.39, 0.29) is 54.4 Å². The SMILES string of the molecule is COC(=O)CCCCN1C(=O)[C@@]2(O[C@@H](CCO)[C@H]([Si](C)(C)c3ccc(OC)cc3)[C@H]2C)c2cc(NC(=O)[C@H]3CCCN3)ccc21. The van der Waals surface area contributed by atoms with Crippen molar-refractivity contribution in [2.24, 2.45) is 5.92 Å². The van der Waals surface area contributed by atoms with Crippen molar-refractivity contribution in [3.05, 3.63) is 48.0 Å². The number of hydrogen-bond donors (Lipinski definition) is 3. The van der Waals surface area contributed by atoms with Crippen molar-refractivity contribution in [2.75, 3.05) is 44.1 Å². The zero-order valence-electron chi connectivity index (χ0n) is 27.1. The molecule has 2 amide bonds. The molecule has 0 aromatic heterocycles. The summed E-state index contributed by atoms with van der Waals surface area (Å²) >= 11 is 0. The number of unbranched alkanes of at least 4 members (excludes halogenated alkanes) is 1. The van der Waals surface area contributed by atoms with Crippen LogP contribution in [0.15, 0.2) is 42.5 Å². The molecule has 0 radical (unpaired) electrons. The number of fused-ring (bicyclic) bond motifs is 2. The molecule has 3 N–H and O–H groups in total. The van der Waals surface area contributed by atoms with Crippen LogP contribution >= 0.6 is 0 Å². The lowest BCUT2D eigenvalue weighted by molar-refractivity contribution is -0.146. The number of nitrogens with zero attached hydrogens (tertiary/aromatic N) is 1. The topological polar surface area (TPSA) is 126 Å². The van der Waals surface area contributed by atoms with Crippen LogP contribution in [0.5, 0.6) is 5.75 Å². The number of rotatable bonds is 12. The number of carbonyl (C=O) groups is 3. The number of benzene rings is 2. The molecule has 0 saturated carbocycles. The van der Waals surface area contributed by atoms with E-state index in [2.05, 4.69) is 42.8 Å². The standard InChI is InChI=1S/C34H47N3O7Si/c1-22-31(45(4,5)25-14-12-24(42-2)13-15-25)29(17-20-38)44-34(22)26-21-23(36-32(40)27-9-8-18-35-27)11-16-28(26)37(33(34)41)19-7-6-10-30(39)43-3/h11-16,21-22,27,29,31,35,38H,6-10,17-20H2,1-5H3,(H,36,40)/t22-,27-,29+,31-,34+/m1/s1. The van der Waals surface area contributed by atoms with E-state index in [4.69, 9.17) is 14.2 Å². The molecule has 244 valence electrons. The maximum atomic E-state index is 14.7. The number of hydrogen-bond acceptors (Lipinski definition) is 8. The molecular formula is C34H47N3O7Si. The Morgan fingerprint density at radius 2 is 1.91 bits per heavy atom. The summed E-state index contributed by atoms with van der Waals surface area (Å²) in [7, 11) is 0.716. The van der Waals surface area contributed by atoms with Crippen LogP contribution in [0.2, 0.25) is 18.6 Å². The fraction of sp³-hybridized carbons (Fsp3) is 0.559. The van der Waals surface area contributed by atoms with Gasteiger partial charge in [0.2, 0.25) is 5.91 Å². The van der Waals surface area contributed by atoms with Gasteiger partial charge in [0.1, 0.15) is 5.75 Å². The maximum absolute atomic E-state index is 14.7. The zero-order chi connectivity index (χ0) is 32.4. The molecule has 0 bridgehead atoms. The Hall–Kier alpha value is -3.25. The summed E-state index contributed by atoms with van der Waals surface area (Å²) in [6.07, 6.45) is 3.30. The summed E-state index contributed by atoms with van der Waals surface area (Å²) in [6.45, 7) is 7.90. The highest BCUT2D eigenvalue weighted by molar-refractivity contribution is 6.91. The maximum Gasteiger partial charge on any atom is 0.305 e. The second-order valence-electron chi connectivity index (χ2n) is 13.0. The minimum atomic E-state index is -2.31. The van der Waals surface area contributed by atoms with Crippen LogP contribution < -0.4 is 25.5 Å². The predicted octanol–water partition coefficient (Wildman–Crippen LogP) is 3.67. The van der Waals surface area contributed by atoms with Gasteiger partial charge in [0.05, 0.1) is 40.1 Å². The third-order valence-corrected chi connectivity index (χ3v) is 14.5. The van der Waals surface area contributed by atoms with Crippen LogP contribution in [0.25, 0.3) is 0 Å². The molecule has 3 heterocycles. The highest BCUT2D eigenvalue weighted by Crippen LogP contribution is 2.60. The highest BCUT2D eigenvalue weighted by Gasteiger charge is 2.66. The largest absolute Gasteiger partial charge is 0.497 e. The van der Waals surface area contributed by atoms with Crippen LogP contribution in [0.4, 0.5) is 11.4 Å². The molecule has 3 aliphatic rings. The van der Waals surface area contributed by atoms with Crippen molar-refractivity contribution in [3.63, 3.8) is 0 Å². The van der Waals surface area contributed by atoms with Crippen molar-refractivity contribution in [1.29, 1.82) is 0 Å².